The predicted octanol–water partition coefficient (Wildman–Crippen LogP) is 1.86. The van der Waals surface area contributed by atoms with Gasteiger partial charge in [0.25, 0.3) is 0 Å². The summed E-state index contributed by atoms with van der Waals surface area (Å²) >= 11 is 1.43. The zero-order chi connectivity index (χ0) is 20.5. The van der Waals surface area contributed by atoms with Crippen molar-refractivity contribution in [1.29, 1.82) is 0 Å². The number of aromatic nitrogens is 3. The molecule has 0 radical (unpaired) electrons. The maximum atomic E-state index is 10.9. The van der Waals surface area contributed by atoms with Crippen molar-refractivity contribution in [3.63, 3.8) is 0 Å². The first-order valence-corrected chi connectivity index (χ1v) is 10.1. The lowest BCUT2D eigenvalue weighted by Crippen LogP contribution is -2.46. The van der Waals surface area contributed by atoms with Crippen LogP contribution in [0.2, 0.25) is 0 Å². The number of nitrogens with zero attached hydrogens (tertiary/aromatic N) is 5. The van der Waals surface area contributed by atoms with Gasteiger partial charge >= 0.3 is 0 Å². The molecule has 9 nitrogen and oxygen atoms in total. The fourth-order valence-corrected chi connectivity index (χ4v) is 4.88. The highest BCUT2D eigenvalue weighted by Gasteiger charge is 2.34. The summed E-state index contributed by atoms with van der Waals surface area (Å²) in [6, 6.07) is 3.61. The van der Waals surface area contributed by atoms with Crippen LogP contribution in [0, 0.1) is 0 Å². The van der Waals surface area contributed by atoms with Gasteiger partial charge in [-0.2, -0.15) is 9.61 Å². The van der Waals surface area contributed by atoms with Crippen LogP contribution in [0.1, 0.15) is 16.5 Å². The zero-order valence-electron chi connectivity index (χ0n) is 17.0. The predicted molar refractivity (Wildman–Crippen MR) is 110 cm³/mol. The van der Waals surface area contributed by atoms with Gasteiger partial charge in [-0.25, -0.2) is 4.98 Å². The van der Waals surface area contributed by atoms with Crippen LogP contribution in [0.25, 0.3) is 4.96 Å². The SMILES string of the molecule is COc1ccc([C@H](c2sc3ncnn3c2O)N2CCN(C)CC2)c(OC)c1OC. The van der Waals surface area contributed by atoms with E-state index in [2.05, 4.69) is 26.9 Å². The number of thiazole rings is 1. The molecule has 3 heterocycles. The van der Waals surface area contributed by atoms with Gasteiger partial charge in [0.2, 0.25) is 16.6 Å². The molecule has 1 saturated heterocycles. The molecule has 1 N–H and O–H groups in total. The lowest BCUT2D eigenvalue weighted by Gasteiger charge is -2.38. The second kappa shape index (κ2) is 8.05. The van der Waals surface area contributed by atoms with Crippen molar-refractivity contribution in [2.45, 2.75) is 6.04 Å². The maximum absolute atomic E-state index is 10.9. The quantitative estimate of drug-likeness (QED) is 0.648. The summed E-state index contributed by atoms with van der Waals surface area (Å²) in [5, 5.41) is 15.1. The highest BCUT2D eigenvalue weighted by atomic mass is 32.1. The van der Waals surface area contributed by atoms with E-state index in [1.165, 1.54) is 22.2 Å². The van der Waals surface area contributed by atoms with E-state index >= 15 is 0 Å². The lowest BCUT2D eigenvalue weighted by atomic mass is 10.0. The van der Waals surface area contributed by atoms with Gasteiger partial charge in [0.05, 0.1) is 32.2 Å². The summed E-state index contributed by atoms with van der Waals surface area (Å²) in [7, 11) is 6.92. The molecule has 0 spiro atoms. The Morgan fingerprint density at radius 2 is 1.76 bits per heavy atom. The molecule has 0 bridgehead atoms. The van der Waals surface area contributed by atoms with Crippen LogP contribution in [-0.2, 0) is 0 Å². The minimum absolute atomic E-state index is 0.100. The summed E-state index contributed by atoms with van der Waals surface area (Å²) in [5.41, 5.74) is 0.898. The molecule has 0 amide bonds. The minimum Gasteiger partial charge on any atom is -0.493 e. The van der Waals surface area contributed by atoms with Crippen LogP contribution in [0.4, 0.5) is 0 Å². The van der Waals surface area contributed by atoms with Crippen LogP contribution < -0.4 is 14.2 Å². The molecule has 1 aromatic carbocycles. The number of piperazine rings is 1. The average molecular weight is 420 g/mol. The van der Waals surface area contributed by atoms with Crippen molar-refractivity contribution in [3.8, 4) is 23.1 Å². The molecule has 10 heteroatoms. The van der Waals surface area contributed by atoms with Crippen molar-refractivity contribution in [3.05, 3.63) is 28.9 Å². The van der Waals surface area contributed by atoms with Crippen molar-refractivity contribution in [2.24, 2.45) is 0 Å². The normalized spacial score (nSPS) is 16.8. The molecule has 156 valence electrons. The summed E-state index contributed by atoms with van der Waals surface area (Å²) in [6.07, 6.45) is 1.44. The molecule has 29 heavy (non-hydrogen) atoms. The van der Waals surface area contributed by atoms with Gasteiger partial charge in [-0.3, -0.25) is 4.90 Å². The van der Waals surface area contributed by atoms with E-state index < -0.39 is 0 Å². The largest absolute Gasteiger partial charge is 0.493 e. The number of ether oxygens (including phenoxy) is 3. The topological polar surface area (TPSA) is 84.6 Å². The second-order valence-electron chi connectivity index (χ2n) is 6.91. The first kappa shape index (κ1) is 19.7. The Labute approximate surface area is 173 Å². The Bertz CT molecular complexity index is 996. The van der Waals surface area contributed by atoms with Gasteiger partial charge in [-0.1, -0.05) is 11.3 Å². The van der Waals surface area contributed by atoms with Crippen molar-refractivity contribution < 1.29 is 19.3 Å². The Kier molecular flexibility index (Phi) is 5.48. The Morgan fingerprint density at radius 1 is 1.03 bits per heavy atom. The van der Waals surface area contributed by atoms with Crippen molar-refractivity contribution in [1.82, 2.24) is 24.4 Å². The van der Waals surface area contributed by atoms with Crippen molar-refractivity contribution in [2.75, 3.05) is 54.6 Å². The van der Waals surface area contributed by atoms with E-state index in [4.69, 9.17) is 14.2 Å². The van der Waals surface area contributed by atoms with Gasteiger partial charge < -0.3 is 24.2 Å². The number of benzene rings is 1. The van der Waals surface area contributed by atoms with Gasteiger partial charge in [-0.15, -0.1) is 0 Å². The van der Waals surface area contributed by atoms with E-state index in [0.29, 0.717) is 22.2 Å². The van der Waals surface area contributed by atoms with Crippen molar-refractivity contribution >= 4 is 16.3 Å². The van der Waals surface area contributed by atoms with E-state index in [-0.39, 0.29) is 11.9 Å². The van der Waals surface area contributed by atoms with Crippen LogP contribution in [0.5, 0.6) is 23.1 Å². The van der Waals surface area contributed by atoms with E-state index in [0.717, 1.165) is 36.6 Å². The third-order valence-corrected chi connectivity index (χ3v) is 6.41. The summed E-state index contributed by atoms with van der Waals surface area (Å²) in [5.74, 6) is 1.82. The average Bonchev–Trinajstić information content (AvgIpc) is 3.32. The molecule has 2 aromatic heterocycles. The van der Waals surface area contributed by atoms with E-state index in [9.17, 15) is 5.11 Å². The second-order valence-corrected chi connectivity index (χ2v) is 7.92. The molecule has 3 aromatic rings. The first-order chi connectivity index (χ1) is 14.1. The number of fused-ring (bicyclic) bond motifs is 1. The van der Waals surface area contributed by atoms with E-state index in [1.807, 2.05) is 12.1 Å². The Morgan fingerprint density at radius 3 is 2.38 bits per heavy atom. The number of likely N-dealkylation sites (N-methyl/N-ethyl adjacent to an activating group) is 1. The first-order valence-electron chi connectivity index (χ1n) is 9.31. The fourth-order valence-electron chi connectivity index (χ4n) is 3.80. The number of aromatic hydroxyl groups is 1. The fraction of sp³-hybridized carbons (Fsp3) is 0.474. The molecule has 1 atom stereocenters. The Balaban J connectivity index is 1.89. The molecule has 1 aliphatic rings. The summed E-state index contributed by atoms with van der Waals surface area (Å²) < 4.78 is 18.3. The minimum atomic E-state index is -0.230. The molecule has 1 aliphatic heterocycles. The third kappa shape index (κ3) is 3.37. The molecule has 0 unspecified atom stereocenters. The van der Waals surface area contributed by atoms with Gasteiger partial charge in [0.1, 0.15) is 6.33 Å². The van der Waals surface area contributed by atoms with Crippen LogP contribution in [0.3, 0.4) is 0 Å². The maximum Gasteiger partial charge on any atom is 0.230 e. The molecule has 1 fully saturated rings. The summed E-state index contributed by atoms with van der Waals surface area (Å²) in [4.78, 5) is 10.3. The molecule has 4 rings (SSSR count). The van der Waals surface area contributed by atoms with Crippen LogP contribution >= 0.6 is 11.3 Å². The monoisotopic (exact) mass is 419 g/mol. The van der Waals surface area contributed by atoms with Crippen LogP contribution in [-0.4, -0.2) is 84.1 Å². The smallest absolute Gasteiger partial charge is 0.230 e. The number of hydrogen-bond donors (Lipinski definition) is 1. The van der Waals surface area contributed by atoms with Crippen LogP contribution in [0.15, 0.2) is 18.5 Å². The van der Waals surface area contributed by atoms with Gasteiger partial charge in [0, 0.05) is 31.7 Å². The van der Waals surface area contributed by atoms with Gasteiger partial charge in [0.15, 0.2) is 11.5 Å². The standard InChI is InChI=1S/C19H25N5O4S/c1-22-7-9-23(10-8-22)14(17-18(25)24-19(29-17)20-11-21-24)12-5-6-13(26-2)16(28-4)15(12)27-3/h5-6,11,14,25H,7-10H2,1-4H3/t14-/m1/s1. The highest BCUT2D eigenvalue weighted by Crippen LogP contribution is 2.48. The molecular formula is C19H25N5O4S. The van der Waals surface area contributed by atoms with Gasteiger partial charge in [-0.05, 0) is 19.2 Å². The molecular weight excluding hydrogens is 394 g/mol. The highest BCUT2D eigenvalue weighted by molar-refractivity contribution is 7.17. The Hall–Kier alpha value is -2.56. The zero-order valence-corrected chi connectivity index (χ0v) is 17.8. The number of rotatable bonds is 6. The van der Waals surface area contributed by atoms with E-state index in [1.54, 1.807) is 21.3 Å². The third-order valence-electron chi connectivity index (χ3n) is 5.32. The lowest BCUT2D eigenvalue weighted by molar-refractivity contribution is 0.125. The molecule has 0 saturated carbocycles. The summed E-state index contributed by atoms with van der Waals surface area (Å²) in [6.45, 7) is 3.58. The number of hydrogen-bond acceptors (Lipinski definition) is 9. The number of methoxy groups -OCH3 is 3. The molecule has 0 aliphatic carbocycles.